The lowest BCUT2D eigenvalue weighted by Crippen LogP contribution is -2.35. The van der Waals surface area contributed by atoms with Gasteiger partial charge in [-0.2, -0.15) is 0 Å². The second kappa shape index (κ2) is 7.09. The lowest BCUT2D eigenvalue weighted by molar-refractivity contribution is 0.0729. The van der Waals surface area contributed by atoms with Crippen molar-refractivity contribution in [3.63, 3.8) is 0 Å². The molecule has 0 atom stereocenters. The number of amides is 1. The Hall–Kier alpha value is -3.48. The van der Waals surface area contributed by atoms with Crippen molar-refractivity contribution in [1.29, 1.82) is 0 Å². The minimum absolute atomic E-state index is 0.0620. The molecule has 2 aromatic carbocycles. The van der Waals surface area contributed by atoms with Crippen molar-refractivity contribution in [2.45, 2.75) is 32.9 Å². The van der Waals surface area contributed by atoms with Crippen LogP contribution in [0.4, 0.5) is 4.39 Å². The highest BCUT2D eigenvalue weighted by molar-refractivity contribution is 5.97. The van der Waals surface area contributed by atoms with Crippen molar-refractivity contribution in [3.05, 3.63) is 71.5 Å². The van der Waals surface area contributed by atoms with Crippen LogP contribution in [0.25, 0.3) is 22.3 Å². The summed E-state index contributed by atoms with van der Waals surface area (Å²) in [7, 11) is 0. The van der Waals surface area contributed by atoms with Crippen LogP contribution in [-0.2, 0) is 13.0 Å². The lowest BCUT2D eigenvalue weighted by atomic mass is 10.0. The van der Waals surface area contributed by atoms with Crippen LogP contribution in [0.3, 0.4) is 0 Å². The fourth-order valence-corrected chi connectivity index (χ4v) is 4.00. The Morgan fingerprint density at radius 1 is 1.20 bits per heavy atom. The van der Waals surface area contributed by atoms with Gasteiger partial charge < -0.3 is 14.0 Å². The number of imidazole rings is 1. The SMILES string of the molecule is CC(C)n1cnc2cc(C(=O)N3CCc4onc(-c5cccc(F)c5)c4C3)ccc21. The van der Waals surface area contributed by atoms with Gasteiger partial charge in [-0.25, -0.2) is 9.37 Å². The topological polar surface area (TPSA) is 64.2 Å². The molecule has 152 valence electrons. The number of carbonyl (C=O) groups is 1. The quantitative estimate of drug-likeness (QED) is 0.500. The minimum Gasteiger partial charge on any atom is -0.360 e. The number of aromatic nitrogens is 3. The molecule has 0 aliphatic carbocycles. The third-order valence-corrected chi connectivity index (χ3v) is 5.59. The molecule has 5 rings (SSSR count). The summed E-state index contributed by atoms with van der Waals surface area (Å²) in [6.07, 6.45) is 2.38. The maximum Gasteiger partial charge on any atom is 0.254 e. The maximum absolute atomic E-state index is 13.7. The van der Waals surface area contributed by atoms with Gasteiger partial charge in [-0.15, -0.1) is 0 Å². The van der Waals surface area contributed by atoms with E-state index in [0.717, 1.165) is 22.4 Å². The van der Waals surface area contributed by atoms with Crippen molar-refractivity contribution in [1.82, 2.24) is 19.6 Å². The first kappa shape index (κ1) is 18.5. The predicted octanol–water partition coefficient (Wildman–Crippen LogP) is 4.61. The average Bonchev–Trinajstić information content (AvgIpc) is 3.36. The molecule has 0 N–H and O–H groups in total. The van der Waals surface area contributed by atoms with Crippen LogP contribution in [0.15, 0.2) is 53.3 Å². The van der Waals surface area contributed by atoms with Crippen LogP contribution in [-0.4, -0.2) is 32.1 Å². The third-order valence-electron chi connectivity index (χ3n) is 5.59. The van der Waals surface area contributed by atoms with Crippen LogP contribution < -0.4 is 0 Å². The summed E-state index contributed by atoms with van der Waals surface area (Å²) in [5.41, 5.74) is 4.49. The van der Waals surface area contributed by atoms with E-state index < -0.39 is 0 Å². The highest BCUT2D eigenvalue weighted by atomic mass is 19.1. The molecule has 0 spiro atoms. The molecular formula is C23H21FN4O2. The Morgan fingerprint density at radius 2 is 2.07 bits per heavy atom. The minimum atomic E-state index is -0.331. The summed E-state index contributed by atoms with van der Waals surface area (Å²) >= 11 is 0. The van der Waals surface area contributed by atoms with Crippen molar-refractivity contribution in [2.24, 2.45) is 0 Å². The molecule has 0 saturated heterocycles. The molecule has 0 saturated carbocycles. The van der Waals surface area contributed by atoms with Crippen LogP contribution in [0, 0.1) is 5.82 Å². The van der Waals surface area contributed by atoms with Gasteiger partial charge in [0.15, 0.2) is 0 Å². The monoisotopic (exact) mass is 404 g/mol. The number of hydrogen-bond donors (Lipinski definition) is 0. The molecule has 6 nitrogen and oxygen atoms in total. The van der Waals surface area contributed by atoms with Crippen molar-refractivity contribution >= 4 is 16.9 Å². The summed E-state index contributed by atoms with van der Waals surface area (Å²) in [6.45, 7) is 5.12. The highest BCUT2D eigenvalue weighted by Gasteiger charge is 2.28. The molecule has 3 heterocycles. The summed E-state index contributed by atoms with van der Waals surface area (Å²) in [5, 5.41) is 4.14. The number of fused-ring (bicyclic) bond motifs is 2. The Labute approximate surface area is 172 Å². The van der Waals surface area contributed by atoms with E-state index in [1.165, 1.54) is 12.1 Å². The van der Waals surface area contributed by atoms with Crippen LogP contribution in [0.2, 0.25) is 0 Å². The van der Waals surface area contributed by atoms with E-state index >= 15 is 0 Å². The van der Waals surface area contributed by atoms with Gasteiger partial charge in [-0.3, -0.25) is 4.79 Å². The number of hydrogen-bond acceptors (Lipinski definition) is 4. The van der Waals surface area contributed by atoms with Gasteiger partial charge >= 0.3 is 0 Å². The predicted molar refractivity (Wildman–Crippen MR) is 110 cm³/mol. The second-order valence-corrected chi connectivity index (χ2v) is 7.87. The van der Waals surface area contributed by atoms with E-state index in [0.29, 0.717) is 42.4 Å². The molecule has 2 aromatic heterocycles. The molecule has 1 amide bonds. The number of rotatable bonds is 3. The molecule has 0 bridgehead atoms. The standard InChI is InChI=1S/C23H21FN4O2/c1-14(2)28-13-25-19-11-16(6-7-20(19)28)23(29)27-9-8-21-18(12-27)22(26-30-21)15-4-3-5-17(24)10-15/h3-7,10-11,13-14H,8-9,12H2,1-2H3. The van der Waals surface area contributed by atoms with Crippen LogP contribution in [0.1, 0.15) is 41.6 Å². The van der Waals surface area contributed by atoms with Gasteiger partial charge in [0, 0.05) is 35.7 Å². The Balaban J connectivity index is 1.44. The first-order valence-corrected chi connectivity index (χ1v) is 10.0. The highest BCUT2D eigenvalue weighted by Crippen LogP contribution is 2.31. The first-order valence-electron chi connectivity index (χ1n) is 10.0. The molecule has 4 aromatic rings. The van der Waals surface area contributed by atoms with E-state index in [1.54, 1.807) is 23.4 Å². The molecular weight excluding hydrogens is 383 g/mol. The zero-order valence-electron chi connectivity index (χ0n) is 16.8. The number of benzene rings is 2. The zero-order chi connectivity index (χ0) is 20.8. The molecule has 0 radical (unpaired) electrons. The zero-order valence-corrected chi connectivity index (χ0v) is 16.8. The normalized spacial score (nSPS) is 13.8. The molecule has 1 aliphatic rings. The Bertz CT molecular complexity index is 1260. The molecule has 0 unspecified atom stereocenters. The first-order chi connectivity index (χ1) is 14.5. The fourth-order valence-electron chi connectivity index (χ4n) is 4.00. The van der Waals surface area contributed by atoms with E-state index in [-0.39, 0.29) is 11.7 Å². The number of nitrogens with zero attached hydrogens (tertiary/aromatic N) is 4. The summed E-state index contributed by atoms with van der Waals surface area (Å²) in [5.74, 6) is 0.361. The summed E-state index contributed by atoms with van der Waals surface area (Å²) in [4.78, 5) is 19.4. The van der Waals surface area contributed by atoms with Crippen molar-refractivity contribution in [2.75, 3.05) is 6.54 Å². The van der Waals surface area contributed by atoms with E-state index in [1.807, 2.05) is 18.2 Å². The van der Waals surface area contributed by atoms with Crippen molar-refractivity contribution < 1.29 is 13.7 Å². The largest absolute Gasteiger partial charge is 0.360 e. The van der Waals surface area contributed by atoms with E-state index in [9.17, 15) is 9.18 Å². The Kier molecular flexibility index (Phi) is 4.38. The fraction of sp³-hybridized carbons (Fsp3) is 0.261. The van der Waals surface area contributed by atoms with Crippen LogP contribution in [0.5, 0.6) is 0 Å². The van der Waals surface area contributed by atoms with Gasteiger partial charge in [-0.05, 0) is 44.2 Å². The smallest absolute Gasteiger partial charge is 0.254 e. The van der Waals surface area contributed by atoms with Crippen molar-refractivity contribution in [3.8, 4) is 11.3 Å². The Morgan fingerprint density at radius 3 is 2.87 bits per heavy atom. The summed E-state index contributed by atoms with van der Waals surface area (Å²) < 4.78 is 21.2. The maximum atomic E-state index is 13.7. The number of carbonyl (C=O) groups excluding carboxylic acids is 1. The second-order valence-electron chi connectivity index (χ2n) is 7.87. The molecule has 7 heteroatoms. The van der Waals surface area contributed by atoms with Gasteiger partial charge in [0.05, 0.1) is 23.9 Å². The number of halogens is 1. The van der Waals surface area contributed by atoms with Gasteiger partial charge in [0.25, 0.3) is 5.91 Å². The molecule has 0 fully saturated rings. The van der Waals surface area contributed by atoms with Gasteiger partial charge in [0.2, 0.25) is 0 Å². The third kappa shape index (κ3) is 3.07. The van der Waals surface area contributed by atoms with E-state index in [2.05, 4.69) is 28.6 Å². The molecule has 30 heavy (non-hydrogen) atoms. The van der Waals surface area contributed by atoms with Crippen LogP contribution >= 0.6 is 0 Å². The lowest BCUT2D eigenvalue weighted by Gasteiger charge is -2.26. The van der Waals surface area contributed by atoms with Gasteiger partial charge in [0.1, 0.15) is 17.3 Å². The van der Waals surface area contributed by atoms with Gasteiger partial charge in [-0.1, -0.05) is 17.3 Å². The summed E-state index contributed by atoms with van der Waals surface area (Å²) in [6, 6.07) is 12.2. The average molecular weight is 404 g/mol. The van der Waals surface area contributed by atoms with E-state index in [4.69, 9.17) is 4.52 Å². The molecule has 1 aliphatic heterocycles.